The van der Waals surface area contributed by atoms with Crippen molar-refractivity contribution in [2.24, 2.45) is 7.05 Å². The number of aromatic nitrogens is 8. The number of rotatable bonds is 4. The van der Waals surface area contributed by atoms with Crippen molar-refractivity contribution >= 4 is 32.6 Å². The molecule has 0 bridgehead atoms. The summed E-state index contributed by atoms with van der Waals surface area (Å²) in [7, 11) is 1.81. The fourth-order valence-corrected chi connectivity index (χ4v) is 4.27. The van der Waals surface area contributed by atoms with Crippen LogP contribution < -0.4 is 5.56 Å². The highest BCUT2D eigenvalue weighted by Crippen LogP contribution is 2.31. The summed E-state index contributed by atoms with van der Waals surface area (Å²) in [5, 5.41) is 18.8. The Balaban J connectivity index is 1.60. The van der Waals surface area contributed by atoms with Gasteiger partial charge >= 0.3 is 0 Å². The minimum Gasteiger partial charge on any atom is -0.323 e. The summed E-state index contributed by atoms with van der Waals surface area (Å²) in [5.74, 6) is -0.618. The van der Waals surface area contributed by atoms with Gasteiger partial charge in [0.05, 0.1) is 23.1 Å². The van der Waals surface area contributed by atoms with Gasteiger partial charge in [-0.3, -0.25) is 15.0 Å². The fraction of sp³-hybridized carbons (Fsp3) is 0.188. The second-order valence-electron chi connectivity index (χ2n) is 6.16. The van der Waals surface area contributed by atoms with E-state index in [2.05, 4.69) is 30.5 Å². The molecule has 0 spiro atoms. The average Bonchev–Trinajstić information content (AvgIpc) is 3.40. The van der Waals surface area contributed by atoms with Crippen LogP contribution in [0.3, 0.4) is 0 Å². The van der Waals surface area contributed by atoms with Gasteiger partial charge in [0, 0.05) is 36.8 Å². The molecule has 2 N–H and O–H groups in total. The van der Waals surface area contributed by atoms with Crippen molar-refractivity contribution < 1.29 is 4.39 Å². The molecule has 5 aromatic heterocycles. The van der Waals surface area contributed by atoms with Gasteiger partial charge in [0.25, 0.3) is 5.56 Å². The van der Waals surface area contributed by atoms with Crippen molar-refractivity contribution in [2.75, 3.05) is 0 Å². The summed E-state index contributed by atoms with van der Waals surface area (Å²) in [6.07, 6.45) is 4.01. The third kappa shape index (κ3) is 2.54. The number of hydrogen-bond donors (Lipinski definition) is 2. The topological polar surface area (TPSA) is 110 Å². The lowest BCUT2D eigenvalue weighted by atomic mass is 10.3. The summed E-state index contributed by atoms with van der Waals surface area (Å²) in [6.45, 7) is 0.114. The summed E-state index contributed by atoms with van der Waals surface area (Å²) in [4.78, 5) is 17.6. The van der Waals surface area contributed by atoms with Crippen LogP contribution in [-0.4, -0.2) is 39.7 Å². The monoisotopic (exact) mass is 384 g/mol. The maximum atomic E-state index is 13.1. The zero-order valence-electron chi connectivity index (χ0n) is 14.1. The van der Waals surface area contributed by atoms with E-state index in [4.69, 9.17) is 0 Å². The van der Waals surface area contributed by atoms with E-state index in [0.29, 0.717) is 17.6 Å². The van der Waals surface area contributed by atoms with Gasteiger partial charge in [-0.1, -0.05) is 0 Å². The molecule has 0 aliphatic carbocycles. The number of hydrogen-bond acceptors (Lipinski definition) is 6. The molecular formula is C16H13FN8OS. The zero-order chi connectivity index (χ0) is 18.5. The van der Waals surface area contributed by atoms with Crippen LogP contribution in [0.4, 0.5) is 4.39 Å². The maximum Gasteiger partial charge on any atom is 0.291 e. The lowest BCUT2D eigenvalue weighted by Crippen LogP contribution is -2.24. The number of thiazole rings is 1. The SMILES string of the molecule is Cn1c2nc(Cc3ccn[nH]3)sc2c2cnn(Cc3cc(F)n[nH]3)c(=O)c21. The molecule has 9 nitrogen and oxygen atoms in total. The first kappa shape index (κ1) is 15.9. The van der Waals surface area contributed by atoms with Gasteiger partial charge in [0.2, 0.25) is 5.95 Å². The highest BCUT2D eigenvalue weighted by molar-refractivity contribution is 7.19. The Morgan fingerprint density at radius 1 is 1.30 bits per heavy atom. The lowest BCUT2D eigenvalue weighted by molar-refractivity contribution is 0.579. The first-order valence-electron chi connectivity index (χ1n) is 8.12. The van der Waals surface area contributed by atoms with Crippen LogP contribution in [0.5, 0.6) is 0 Å². The largest absolute Gasteiger partial charge is 0.323 e. The van der Waals surface area contributed by atoms with Crippen molar-refractivity contribution in [3.63, 3.8) is 0 Å². The van der Waals surface area contributed by atoms with Crippen LogP contribution in [0.1, 0.15) is 16.4 Å². The summed E-state index contributed by atoms with van der Waals surface area (Å²) in [5.41, 5.74) is 2.45. The number of H-pyrrole nitrogens is 2. The Bertz CT molecular complexity index is 1330. The number of nitrogens with zero attached hydrogens (tertiary/aromatic N) is 6. The molecule has 5 aromatic rings. The van der Waals surface area contributed by atoms with Crippen LogP contribution in [0.25, 0.3) is 21.3 Å². The normalized spacial score (nSPS) is 11.8. The van der Waals surface area contributed by atoms with Crippen LogP contribution in [-0.2, 0) is 20.0 Å². The second kappa shape index (κ2) is 5.84. The molecule has 0 amide bonds. The third-order valence-corrected chi connectivity index (χ3v) is 5.47. The molecule has 0 atom stereocenters. The van der Waals surface area contributed by atoms with Gasteiger partial charge in [-0.15, -0.1) is 16.4 Å². The third-order valence-electron chi connectivity index (χ3n) is 4.39. The Hall–Kier alpha value is -3.34. The van der Waals surface area contributed by atoms with Crippen molar-refractivity contribution in [1.29, 1.82) is 0 Å². The van der Waals surface area contributed by atoms with Gasteiger partial charge in [-0.25, -0.2) is 9.67 Å². The molecule has 0 aliphatic heterocycles. The summed E-state index contributed by atoms with van der Waals surface area (Å²) < 4.78 is 17.0. The van der Waals surface area contributed by atoms with E-state index in [1.54, 1.807) is 17.0 Å². The number of aryl methyl sites for hydroxylation is 1. The Kier molecular flexibility index (Phi) is 3.44. The van der Waals surface area contributed by atoms with Gasteiger partial charge in [-0.2, -0.15) is 14.6 Å². The lowest BCUT2D eigenvalue weighted by Gasteiger charge is -2.03. The second-order valence-corrected chi connectivity index (χ2v) is 7.25. The predicted molar refractivity (Wildman–Crippen MR) is 97.2 cm³/mol. The van der Waals surface area contributed by atoms with Gasteiger partial charge < -0.3 is 4.57 Å². The quantitative estimate of drug-likeness (QED) is 0.489. The minimum atomic E-state index is -0.618. The number of halogens is 1. The molecule has 0 saturated carbocycles. The van der Waals surface area contributed by atoms with E-state index < -0.39 is 5.95 Å². The van der Waals surface area contributed by atoms with E-state index in [9.17, 15) is 9.18 Å². The number of aromatic amines is 2. The Morgan fingerprint density at radius 3 is 2.93 bits per heavy atom. The van der Waals surface area contributed by atoms with E-state index in [1.807, 2.05) is 13.1 Å². The van der Waals surface area contributed by atoms with Crippen molar-refractivity contribution in [1.82, 2.24) is 39.7 Å². The zero-order valence-corrected chi connectivity index (χ0v) is 14.9. The first-order chi connectivity index (χ1) is 13.1. The molecule has 136 valence electrons. The van der Waals surface area contributed by atoms with Crippen LogP contribution in [0, 0.1) is 5.95 Å². The van der Waals surface area contributed by atoms with E-state index in [-0.39, 0.29) is 12.1 Å². The standard InChI is InChI=1S/C16H13FN8OS/c1-24-13-10(6-19-25(16(13)26)7-9-4-11(17)23-22-9)14-15(24)20-12(27-14)5-8-2-3-18-21-8/h2-4,6H,5,7H2,1H3,(H,18,21)(H,22,23). The van der Waals surface area contributed by atoms with Crippen molar-refractivity contribution in [3.8, 4) is 0 Å². The smallest absolute Gasteiger partial charge is 0.291 e. The summed E-state index contributed by atoms with van der Waals surface area (Å²) in [6, 6.07) is 3.15. The van der Waals surface area contributed by atoms with E-state index in [1.165, 1.54) is 22.1 Å². The van der Waals surface area contributed by atoms with E-state index >= 15 is 0 Å². The average molecular weight is 384 g/mol. The molecule has 11 heteroatoms. The molecule has 0 saturated heterocycles. The molecule has 0 aromatic carbocycles. The molecule has 0 fully saturated rings. The van der Waals surface area contributed by atoms with Crippen LogP contribution in [0.2, 0.25) is 0 Å². The molecule has 5 rings (SSSR count). The summed E-state index contributed by atoms with van der Waals surface area (Å²) >= 11 is 1.53. The minimum absolute atomic E-state index is 0.114. The number of fused-ring (bicyclic) bond motifs is 3. The van der Waals surface area contributed by atoms with Crippen molar-refractivity contribution in [2.45, 2.75) is 13.0 Å². The Labute approximate surface area is 154 Å². The number of nitrogens with one attached hydrogen (secondary N) is 2. The Morgan fingerprint density at radius 2 is 2.19 bits per heavy atom. The molecule has 0 aliphatic rings. The van der Waals surface area contributed by atoms with Crippen LogP contribution >= 0.6 is 11.3 Å². The molecule has 5 heterocycles. The fourth-order valence-electron chi connectivity index (χ4n) is 3.14. The molecule has 0 unspecified atom stereocenters. The molecule has 27 heavy (non-hydrogen) atoms. The van der Waals surface area contributed by atoms with Gasteiger partial charge in [0.15, 0.2) is 5.65 Å². The van der Waals surface area contributed by atoms with Gasteiger partial charge in [0.1, 0.15) is 10.5 Å². The highest BCUT2D eigenvalue weighted by atomic mass is 32.1. The van der Waals surface area contributed by atoms with Crippen molar-refractivity contribution in [3.05, 3.63) is 57.2 Å². The van der Waals surface area contributed by atoms with E-state index in [0.717, 1.165) is 26.4 Å². The first-order valence-corrected chi connectivity index (χ1v) is 8.94. The predicted octanol–water partition coefficient (Wildman–Crippen LogP) is 1.57. The maximum absolute atomic E-state index is 13.1. The van der Waals surface area contributed by atoms with Crippen LogP contribution in [0.15, 0.2) is 29.3 Å². The highest BCUT2D eigenvalue weighted by Gasteiger charge is 2.18. The van der Waals surface area contributed by atoms with Gasteiger partial charge in [-0.05, 0) is 6.07 Å². The molecular weight excluding hydrogens is 371 g/mol. The molecule has 0 radical (unpaired) electrons.